The van der Waals surface area contributed by atoms with Gasteiger partial charge < -0.3 is 5.32 Å². The van der Waals surface area contributed by atoms with Crippen LogP contribution in [0.4, 0.5) is 0 Å². The van der Waals surface area contributed by atoms with E-state index in [-0.39, 0.29) is 11.4 Å². The lowest BCUT2D eigenvalue weighted by atomic mass is 10.2. The molecule has 0 bridgehead atoms. The highest BCUT2D eigenvalue weighted by Crippen LogP contribution is 2.15. The Morgan fingerprint density at radius 3 is 2.62 bits per heavy atom. The molecular weight excluding hydrogens is 288 g/mol. The maximum absolute atomic E-state index is 12.4. The van der Waals surface area contributed by atoms with Gasteiger partial charge in [0.2, 0.25) is 10.0 Å². The molecule has 0 amide bonds. The number of benzene rings is 1. The summed E-state index contributed by atoms with van der Waals surface area (Å²) in [5.41, 5.74) is 1.32. The Morgan fingerprint density at radius 1 is 1.10 bits per heavy atom. The molecule has 0 radical (unpaired) electrons. The van der Waals surface area contributed by atoms with Crippen molar-refractivity contribution in [2.24, 2.45) is 0 Å². The van der Waals surface area contributed by atoms with Crippen LogP contribution in [-0.4, -0.2) is 25.2 Å². The molecule has 0 atom stereocenters. The van der Waals surface area contributed by atoms with Gasteiger partial charge in [0.25, 0.3) is 0 Å². The summed E-state index contributed by atoms with van der Waals surface area (Å²) in [6.07, 6.45) is 1.55. The molecular formula is C14H18N4O2S. The highest BCUT2D eigenvalue weighted by Gasteiger charge is 2.17. The Hall–Kier alpha value is -1.83. The van der Waals surface area contributed by atoms with E-state index in [9.17, 15) is 8.42 Å². The van der Waals surface area contributed by atoms with Gasteiger partial charge in [-0.2, -0.15) is 10.2 Å². The first-order valence-corrected chi connectivity index (χ1v) is 8.16. The van der Waals surface area contributed by atoms with Gasteiger partial charge in [0.15, 0.2) is 0 Å². The molecule has 1 heterocycles. The van der Waals surface area contributed by atoms with Gasteiger partial charge in [-0.3, -0.25) is 0 Å². The van der Waals surface area contributed by atoms with Gasteiger partial charge in [-0.05, 0) is 30.3 Å². The Kier molecular flexibility index (Phi) is 5.38. The van der Waals surface area contributed by atoms with Crippen LogP contribution in [0.3, 0.4) is 0 Å². The van der Waals surface area contributed by atoms with Crippen molar-refractivity contribution in [2.45, 2.75) is 24.9 Å². The lowest BCUT2D eigenvalue weighted by molar-refractivity contribution is 0.577. The van der Waals surface area contributed by atoms with E-state index >= 15 is 0 Å². The normalized spacial score (nSPS) is 11.5. The average Bonchev–Trinajstić information content (AvgIpc) is 2.52. The lowest BCUT2D eigenvalue weighted by Gasteiger charge is -2.11. The fraction of sp³-hybridized carbons (Fsp3) is 0.286. The van der Waals surface area contributed by atoms with Crippen LogP contribution in [0.15, 0.2) is 47.5 Å². The minimum Gasteiger partial charge on any atom is -0.313 e. The van der Waals surface area contributed by atoms with Crippen LogP contribution in [0, 0.1) is 0 Å². The van der Waals surface area contributed by atoms with Crippen LogP contribution in [0.2, 0.25) is 0 Å². The standard InChI is InChI=1S/C14H18N4O2S/c1-2-15-10-12-6-3-4-8-14(12)21(19,20)17-11-13-7-5-9-16-18-13/h3-9,15,17H,2,10-11H2,1H3. The van der Waals surface area contributed by atoms with Crippen LogP contribution < -0.4 is 10.0 Å². The zero-order valence-corrected chi connectivity index (χ0v) is 12.6. The SMILES string of the molecule is CCNCc1ccccc1S(=O)(=O)NCc1cccnn1. The second kappa shape index (κ2) is 7.26. The number of nitrogens with one attached hydrogen (secondary N) is 2. The molecule has 0 aliphatic carbocycles. The third-order valence-corrected chi connectivity index (χ3v) is 4.40. The van der Waals surface area contributed by atoms with Crippen LogP contribution >= 0.6 is 0 Å². The van der Waals surface area contributed by atoms with Crippen LogP contribution in [0.1, 0.15) is 18.2 Å². The number of hydrogen-bond acceptors (Lipinski definition) is 5. The largest absolute Gasteiger partial charge is 0.313 e. The molecule has 0 saturated heterocycles. The smallest absolute Gasteiger partial charge is 0.241 e. The van der Waals surface area contributed by atoms with Crippen molar-refractivity contribution in [3.8, 4) is 0 Å². The summed E-state index contributed by atoms with van der Waals surface area (Å²) in [5, 5.41) is 10.7. The molecule has 112 valence electrons. The molecule has 0 aliphatic rings. The van der Waals surface area contributed by atoms with E-state index in [1.807, 2.05) is 13.0 Å². The molecule has 0 unspecified atom stereocenters. The Morgan fingerprint density at radius 2 is 1.90 bits per heavy atom. The molecule has 0 spiro atoms. The molecule has 1 aromatic heterocycles. The molecule has 0 aliphatic heterocycles. The molecule has 2 rings (SSSR count). The highest BCUT2D eigenvalue weighted by molar-refractivity contribution is 7.89. The Bertz CT molecular complexity index is 674. The zero-order valence-electron chi connectivity index (χ0n) is 11.8. The van der Waals surface area contributed by atoms with Crippen LogP contribution in [0.5, 0.6) is 0 Å². The minimum absolute atomic E-state index is 0.117. The topological polar surface area (TPSA) is 84.0 Å². The van der Waals surface area contributed by atoms with Crippen molar-refractivity contribution < 1.29 is 8.42 Å². The lowest BCUT2D eigenvalue weighted by Crippen LogP contribution is -2.26. The molecule has 21 heavy (non-hydrogen) atoms. The second-order valence-electron chi connectivity index (χ2n) is 4.43. The van der Waals surface area contributed by atoms with E-state index in [0.29, 0.717) is 12.2 Å². The fourth-order valence-electron chi connectivity index (χ4n) is 1.85. The first-order valence-electron chi connectivity index (χ1n) is 6.68. The molecule has 2 aromatic rings. The number of sulfonamides is 1. The second-order valence-corrected chi connectivity index (χ2v) is 6.16. The molecule has 0 saturated carbocycles. The van der Waals surface area contributed by atoms with Crippen molar-refractivity contribution in [3.05, 3.63) is 53.9 Å². The third-order valence-electron chi connectivity index (χ3n) is 2.90. The van der Waals surface area contributed by atoms with E-state index in [1.54, 1.807) is 36.5 Å². The molecule has 6 nitrogen and oxygen atoms in total. The van der Waals surface area contributed by atoms with E-state index in [2.05, 4.69) is 20.2 Å². The van der Waals surface area contributed by atoms with Gasteiger partial charge in [-0.25, -0.2) is 13.1 Å². The quantitative estimate of drug-likeness (QED) is 0.799. The maximum Gasteiger partial charge on any atom is 0.241 e. The zero-order chi connectivity index (χ0) is 15.1. The Labute approximate surface area is 124 Å². The summed E-state index contributed by atoms with van der Waals surface area (Å²) < 4.78 is 27.4. The molecule has 1 aromatic carbocycles. The molecule has 7 heteroatoms. The molecule has 2 N–H and O–H groups in total. The predicted molar refractivity (Wildman–Crippen MR) is 79.9 cm³/mol. The van der Waals surface area contributed by atoms with Crippen molar-refractivity contribution in [1.29, 1.82) is 0 Å². The van der Waals surface area contributed by atoms with Crippen molar-refractivity contribution in [1.82, 2.24) is 20.2 Å². The number of hydrogen-bond donors (Lipinski definition) is 2. The van der Waals surface area contributed by atoms with Gasteiger partial charge in [0.1, 0.15) is 0 Å². The monoisotopic (exact) mass is 306 g/mol. The van der Waals surface area contributed by atoms with Crippen LogP contribution in [-0.2, 0) is 23.1 Å². The van der Waals surface area contributed by atoms with Gasteiger partial charge >= 0.3 is 0 Å². The van der Waals surface area contributed by atoms with E-state index in [0.717, 1.165) is 12.1 Å². The van der Waals surface area contributed by atoms with Gasteiger partial charge in [0.05, 0.1) is 17.1 Å². The number of nitrogens with zero attached hydrogens (tertiary/aromatic N) is 2. The summed E-state index contributed by atoms with van der Waals surface area (Å²) in [7, 11) is -3.58. The minimum atomic E-state index is -3.58. The summed E-state index contributed by atoms with van der Waals surface area (Å²) >= 11 is 0. The Balaban J connectivity index is 2.15. The molecule has 0 fully saturated rings. The fourth-order valence-corrected chi connectivity index (χ4v) is 3.08. The van der Waals surface area contributed by atoms with Gasteiger partial charge in [-0.15, -0.1) is 0 Å². The average molecular weight is 306 g/mol. The van der Waals surface area contributed by atoms with Gasteiger partial charge in [-0.1, -0.05) is 25.1 Å². The number of rotatable bonds is 7. The summed E-state index contributed by atoms with van der Waals surface area (Å²) in [5.74, 6) is 0. The van der Waals surface area contributed by atoms with E-state index in [1.165, 1.54) is 0 Å². The first-order chi connectivity index (χ1) is 10.1. The third kappa shape index (κ3) is 4.32. The van der Waals surface area contributed by atoms with E-state index in [4.69, 9.17) is 0 Å². The van der Waals surface area contributed by atoms with Crippen molar-refractivity contribution in [3.63, 3.8) is 0 Å². The highest BCUT2D eigenvalue weighted by atomic mass is 32.2. The van der Waals surface area contributed by atoms with Crippen LogP contribution in [0.25, 0.3) is 0 Å². The summed E-state index contributed by atoms with van der Waals surface area (Å²) in [6, 6.07) is 10.4. The van der Waals surface area contributed by atoms with Gasteiger partial charge in [0, 0.05) is 12.7 Å². The maximum atomic E-state index is 12.4. The first kappa shape index (κ1) is 15.6. The van der Waals surface area contributed by atoms with Crippen molar-refractivity contribution >= 4 is 10.0 Å². The van der Waals surface area contributed by atoms with Crippen molar-refractivity contribution in [2.75, 3.05) is 6.54 Å². The number of aromatic nitrogens is 2. The predicted octanol–water partition coefficient (Wildman–Crippen LogP) is 1.06. The van der Waals surface area contributed by atoms with E-state index < -0.39 is 10.0 Å². The summed E-state index contributed by atoms with van der Waals surface area (Å²) in [6.45, 7) is 3.38. The summed E-state index contributed by atoms with van der Waals surface area (Å²) in [4.78, 5) is 0.287.